The first-order chi connectivity index (χ1) is 7.32. The summed E-state index contributed by atoms with van der Waals surface area (Å²) in [5, 5.41) is 9.07. The van der Waals surface area contributed by atoms with Crippen molar-refractivity contribution in [3.63, 3.8) is 0 Å². The molecule has 7 heteroatoms. The minimum atomic E-state index is -3.61. The van der Waals surface area contributed by atoms with Gasteiger partial charge in [0.25, 0.3) is 0 Å². The van der Waals surface area contributed by atoms with Crippen LogP contribution in [0.15, 0.2) is 0 Å². The van der Waals surface area contributed by atoms with Crippen molar-refractivity contribution in [2.24, 2.45) is 5.92 Å². The highest BCUT2D eigenvalue weighted by Crippen LogP contribution is 2.40. The fraction of sp³-hybridized carbons (Fsp3) is 0.889. The van der Waals surface area contributed by atoms with E-state index in [0.29, 0.717) is 0 Å². The van der Waals surface area contributed by atoms with Gasteiger partial charge in [0, 0.05) is 7.11 Å². The second-order valence-electron chi connectivity index (χ2n) is 4.20. The number of hydrogen-bond acceptors (Lipinski definition) is 4. The van der Waals surface area contributed by atoms with Crippen LogP contribution in [0, 0.1) is 5.92 Å². The predicted octanol–water partition coefficient (Wildman–Crippen LogP) is -0.194. The molecule has 2 N–H and O–H groups in total. The quantitative estimate of drug-likeness (QED) is 0.654. The number of methoxy groups -OCH3 is 1. The largest absolute Gasteiger partial charge is 0.480 e. The molecule has 0 aliphatic heterocycles. The van der Waals surface area contributed by atoms with Crippen molar-refractivity contribution in [1.29, 1.82) is 0 Å². The average Bonchev–Trinajstić information content (AvgIpc) is 2.97. The van der Waals surface area contributed by atoms with Gasteiger partial charge in [-0.1, -0.05) is 0 Å². The molecule has 1 aliphatic carbocycles. The zero-order valence-corrected chi connectivity index (χ0v) is 10.2. The third-order valence-electron chi connectivity index (χ3n) is 2.76. The molecule has 0 saturated heterocycles. The zero-order valence-electron chi connectivity index (χ0n) is 9.39. The number of carboxylic acid groups (broad SMARTS) is 1. The lowest BCUT2D eigenvalue weighted by atomic mass is 9.98. The summed E-state index contributed by atoms with van der Waals surface area (Å²) >= 11 is 0. The molecule has 1 fully saturated rings. The van der Waals surface area contributed by atoms with Crippen molar-refractivity contribution in [2.75, 3.05) is 19.5 Å². The predicted molar refractivity (Wildman–Crippen MR) is 57.6 cm³/mol. The number of carboxylic acids is 1. The van der Waals surface area contributed by atoms with Gasteiger partial charge in [0.15, 0.2) is 0 Å². The maximum atomic E-state index is 11.6. The average molecular weight is 251 g/mol. The highest BCUT2D eigenvalue weighted by atomic mass is 32.2. The van der Waals surface area contributed by atoms with Crippen LogP contribution < -0.4 is 4.72 Å². The molecule has 1 saturated carbocycles. The van der Waals surface area contributed by atoms with Crippen LogP contribution in [0.4, 0.5) is 0 Å². The van der Waals surface area contributed by atoms with Gasteiger partial charge in [-0.2, -0.15) is 4.72 Å². The van der Waals surface area contributed by atoms with E-state index >= 15 is 0 Å². The summed E-state index contributed by atoms with van der Waals surface area (Å²) < 4.78 is 30.1. The van der Waals surface area contributed by atoms with Gasteiger partial charge < -0.3 is 9.84 Å². The van der Waals surface area contributed by atoms with Crippen LogP contribution in [0.25, 0.3) is 0 Å². The van der Waals surface area contributed by atoms with Gasteiger partial charge in [-0.05, 0) is 25.7 Å². The second-order valence-corrected chi connectivity index (χ2v) is 6.04. The lowest BCUT2D eigenvalue weighted by Crippen LogP contribution is -2.54. The Morgan fingerprint density at radius 3 is 2.50 bits per heavy atom. The molecule has 94 valence electrons. The number of ether oxygens (including phenoxy) is 1. The van der Waals surface area contributed by atoms with Crippen molar-refractivity contribution in [3.8, 4) is 0 Å². The Morgan fingerprint density at radius 2 is 2.12 bits per heavy atom. The highest BCUT2D eigenvalue weighted by molar-refractivity contribution is 7.89. The van der Waals surface area contributed by atoms with Crippen LogP contribution in [0.5, 0.6) is 0 Å². The minimum Gasteiger partial charge on any atom is -0.480 e. The number of nitrogens with one attached hydrogen (secondary N) is 1. The van der Waals surface area contributed by atoms with Gasteiger partial charge in [0.05, 0.1) is 12.4 Å². The lowest BCUT2D eigenvalue weighted by Gasteiger charge is -2.25. The Bertz CT molecular complexity index is 362. The number of sulfonamides is 1. The first-order valence-corrected chi connectivity index (χ1v) is 6.71. The SMILES string of the molecule is COCCS(=O)(=O)NC(C)(C(=O)O)C1CC1. The molecular weight excluding hydrogens is 234 g/mol. The fourth-order valence-electron chi connectivity index (χ4n) is 1.53. The smallest absolute Gasteiger partial charge is 0.324 e. The van der Waals surface area contributed by atoms with Gasteiger partial charge in [0.1, 0.15) is 5.54 Å². The van der Waals surface area contributed by atoms with E-state index in [-0.39, 0.29) is 18.3 Å². The third-order valence-corrected chi connectivity index (χ3v) is 4.20. The van der Waals surface area contributed by atoms with Gasteiger partial charge >= 0.3 is 5.97 Å². The second kappa shape index (κ2) is 4.68. The zero-order chi connectivity index (χ0) is 12.4. The van der Waals surface area contributed by atoms with E-state index in [1.54, 1.807) is 0 Å². The van der Waals surface area contributed by atoms with E-state index in [2.05, 4.69) is 9.46 Å². The first-order valence-electron chi connectivity index (χ1n) is 5.06. The van der Waals surface area contributed by atoms with E-state index in [0.717, 1.165) is 12.8 Å². The minimum absolute atomic E-state index is 0.0513. The molecule has 0 radical (unpaired) electrons. The fourth-order valence-corrected chi connectivity index (χ4v) is 2.92. The summed E-state index contributed by atoms with van der Waals surface area (Å²) in [6, 6.07) is 0. The molecule has 1 unspecified atom stereocenters. The maximum absolute atomic E-state index is 11.6. The molecule has 0 amide bonds. The monoisotopic (exact) mass is 251 g/mol. The first kappa shape index (κ1) is 13.4. The number of rotatable bonds is 7. The molecule has 1 rings (SSSR count). The summed E-state index contributed by atoms with van der Waals surface area (Å²) in [6.07, 6.45) is 1.49. The van der Waals surface area contributed by atoms with Crippen molar-refractivity contribution in [3.05, 3.63) is 0 Å². The Balaban J connectivity index is 2.72. The number of aliphatic carboxylic acids is 1. The number of hydrogen-bond donors (Lipinski definition) is 2. The Morgan fingerprint density at radius 1 is 1.56 bits per heavy atom. The third kappa shape index (κ3) is 3.16. The molecule has 1 atom stereocenters. The van der Waals surface area contributed by atoms with Gasteiger partial charge in [-0.3, -0.25) is 4.79 Å². The summed E-state index contributed by atoms with van der Waals surface area (Å²) in [6.45, 7) is 1.47. The lowest BCUT2D eigenvalue weighted by molar-refractivity contribution is -0.144. The summed E-state index contributed by atoms with van der Waals surface area (Å²) in [5.41, 5.74) is -1.38. The molecule has 0 bridgehead atoms. The van der Waals surface area contributed by atoms with Crippen LogP contribution >= 0.6 is 0 Å². The van der Waals surface area contributed by atoms with Crippen molar-refractivity contribution in [2.45, 2.75) is 25.3 Å². The summed E-state index contributed by atoms with van der Waals surface area (Å²) in [5.74, 6) is -1.46. The van der Waals surface area contributed by atoms with Crippen LogP contribution in [0.3, 0.4) is 0 Å². The molecule has 6 nitrogen and oxygen atoms in total. The topological polar surface area (TPSA) is 92.7 Å². The van der Waals surface area contributed by atoms with E-state index in [9.17, 15) is 13.2 Å². The molecular formula is C9H17NO5S. The van der Waals surface area contributed by atoms with E-state index < -0.39 is 21.5 Å². The van der Waals surface area contributed by atoms with E-state index in [1.807, 2.05) is 0 Å². The molecule has 0 aromatic rings. The van der Waals surface area contributed by atoms with Crippen molar-refractivity contribution in [1.82, 2.24) is 4.72 Å². The van der Waals surface area contributed by atoms with Gasteiger partial charge in [0.2, 0.25) is 10.0 Å². The molecule has 16 heavy (non-hydrogen) atoms. The summed E-state index contributed by atoms with van der Waals surface area (Å²) in [4.78, 5) is 11.1. The Labute approximate surface area is 95.0 Å². The molecule has 0 aromatic carbocycles. The van der Waals surface area contributed by atoms with Crippen LogP contribution in [0.1, 0.15) is 19.8 Å². The van der Waals surface area contributed by atoms with Gasteiger partial charge in [-0.15, -0.1) is 0 Å². The van der Waals surface area contributed by atoms with Crippen LogP contribution in [-0.2, 0) is 19.6 Å². The van der Waals surface area contributed by atoms with E-state index in [4.69, 9.17) is 5.11 Å². The number of carbonyl (C=O) groups is 1. The molecule has 0 heterocycles. The molecule has 0 spiro atoms. The van der Waals surface area contributed by atoms with Crippen molar-refractivity contribution >= 4 is 16.0 Å². The van der Waals surface area contributed by atoms with Gasteiger partial charge in [-0.25, -0.2) is 8.42 Å². The summed E-state index contributed by atoms with van der Waals surface area (Å²) in [7, 11) is -2.21. The standard InChI is InChI=1S/C9H17NO5S/c1-9(8(11)12,7-3-4-7)10-16(13,14)6-5-15-2/h7,10H,3-6H2,1-2H3,(H,11,12). The van der Waals surface area contributed by atoms with Crippen LogP contribution in [-0.4, -0.2) is 44.5 Å². The normalized spacial score (nSPS) is 20.4. The van der Waals surface area contributed by atoms with Crippen LogP contribution in [0.2, 0.25) is 0 Å². The Hall–Kier alpha value is -0.660. The van der Waals surface area contributed by atoms with E-state index in [1.165, 1.54) is 14.0 Å². The highest BCUT2D eigenvalue weighted by Gasteiger charge is 2.49. The maximum Gasteiger partial charge on any atom is 0.324 e. The molecule has 1 aliphatic rings. The Kier molecular flexibility index (Phi) is 3.92. The van der Waals surface area contributed by atoms with Crippen molar-refractivity contribution < 1.29 is 23.1 Å². The molecule has 0 aromatic heterocycles.